The van der Waals surface area contributed by atoms with E-state index in [2.05, 4.69) is 67.8 Å². The number of nitrogens with one attached hydrogen (secondary N) is 1. The number of aliphatic hydroxyl groups is 1. The summed E-state index contributed by atoms with van der Waals surface area (Å²) in [6, 6.07) is -0.890. The van der Waals surface area contributed by atoms with Gasteiger partial charge in [-0.15, -0.1) is 0 Å². The van der Waals surface area contributed by atoms with Gasteiger partial charge in [0.05, 0.1) is 39.9 Å². The SMILES string of the molecule is CC/C=C\C/C=C\C/C=C\C/C=C\CCCCCCCCCCCCCCCCCCC(=O)NC(COP(=O)([O-])OCC[N+](C)(C)C)C(O)/C=C/CCCCCCCCCCCCCCCCCCCCCCCCCCCCCCC. The molecule has 0 saturated heterocycles. The van der Waals surface area contributed by atoms with Crippen molar-refractivity contribution in [1.29, 1.82) is 0 Å². The van der Waals surface area contributed by atoms with Crippen LogP contribution < -0.4 is 10.2 Å². The molecule has 0 aromatic rings. The first-order chi connectivity index (χ1) is 40.0. The molecule has 9 heteroatoms. The van der Waals surface area contributed by atoms with Crippen LogP contribution in [0.3, 0.4) is 0 Å². The zero-order chi connectivity index (χ0) is 59.8. The number of carbonyl (C=O) groups excluding carboxylic acids is 1. The highest BCUT2D eigenvalue weighted by Crippen LogP contribution is 2.38. The summed E-state index contributed by atoms with van der Waals surface area (Å²) in [5.41, 5.74) is 0. The van der Waals surface area contributed by atoms with Gasteiger partial charge in [-0.3, -0.25) is 9.36 Å². The van der Waals surface area contributed by atoms with Gasteiger partial charge in [0.2, 0.25) is 5.91 Å². The van der Waals surface area contributed by atoms with Gasteiger partial charge < -0.3 is 28.8 Å². The molecule has 0 heterocycles. The fourth-order valence-corrected chi connectivity index (χ4v) is 11.5. The predicted molar refractivity (Wildman–Crippen MR) is 357 cm³/mol. The van der Waals surface area contributed by atoms with Crippen molar-refractivity contribution in [2.75, 3.05) is 40.9 Å². The lowest BCUT2D eigenvalue weighted by Crippen LogP contribution is -2.45. The number of likely N-dealkylation sites (N-methyl/N-ethyl adjacent to an activating group) is 1. The molecule has 0 fully saturated rings. The first-order valence-electron chi connectivity index (χ1n) is 35.7. The van der Waals surface area contributed by atoms with Gasteiger partial charge >= 0.3 is 0 Å². The fraction of sp³-hybridized carbons (Fsp3) is 0.849. The highest BCUT2D eigenvalue weighted by Gasteiger charge is 2.23. The van der Waals surface area contributed by atoms with Crippen LogP contribution in [0.15, 0.2) is 60.8 Å². The van der Waals surface area contributed by atoms with Crippen LogP contribution in [-0.4, -0.2) is 68.5 Å². The quantitative estimate of drug-likeness (QED) is 0.0272. The molecule has 0 aromatic carbocycles. The smallest absolute Gasteiger partial charge is 0.268 e. The van der Waals surface area contributed by atoms with Crippen molar-refractivity contribution in [2.45, 2.75) is 360 Å². The van der Waals surface area contributed by atoms with E-state index in [0.29, 0.717) is 17.4 Å². The number of phosphoric acid groups is 1. The minimum absolute atomic E-state index is 0.000953. The topological polar surface area (TPSA) is 108 Å². The second-order valence-electron chi connectivity index (χ2n) is 25.6. The Labute approximate surface area is 511 Å². The summed E-state index contributed by atoms with van der Waals surface area (Å²) in [5, 5.41) is 14.0. The lowest BCUT2D eigenvalue weighted by molar-refractivity contribution is -0.870. The molecule has 0 aliphatic rings. The van der Waals surface area contributed by atoms with E-state index < -0.39 is 20.0 Å². The van der Waals surface area contributed by atoms with Crippen molar-refractivity contribution in [2.24, 2.45) is 0 Å². The van der Waals surface area contributed by atoms with Gasteiger partial charge in [-0.1, -0.05) is 344 Å². The second kappa shape index (κ2) is 63.7. The highest BCUT2D eigenvalue weighted by molar-refractivity contribution is 7.45. The first-order valence-corrected chi connectivity index (χ1v) is 37.1. The maximum absolute atomic E-state index is 13.0. The number of aliphatic hydroxyl groups excluding tert-OH is 1. The molecule has 0 spiro atoms. The summed E-state index contributed by atoms with van der Waals surface area (Å²) in [6.07, 6.45) is 87.8. The van der Waals surface area contributed by atoms with E-state index in [-0.39, 0.29) is 19.1 Å². The molecular formula is C73H139N2O6P. The molecule has 0 rings (SSSR count). The van der Waals surface area contributed by atoms with E-state index in [1.807, 2.05) is 27.2 Å². The maximum atomic E-state index is 13.0. The van der Waals surface area contributed by atoms with Crippen molar-refractivity contribution in [3.63, 3.8) is 0 Å². The Morgan fingerprint density at radius 1 is 0.439 bits per heavy atom. The number of phosphoric ester groups is 1. The van der Waals surface area contributed by atoms with Gasteiger partial charge in [0.15, 0.2) is 0 Å². The molecule has 0 radical (unpaired) electrons. The highest BCUT2D eigenvalue weighted by atomic mass is 31.2. The number of amides is 1. The fourth-order valence-electron chi connectivity index (χ4n) is 10.7. The molecule has 0 aromatic heterocycles. The van der Waals surface area contributed by atoms with Crippen LogP contribution in [-0.2, 0) is 18.4 Å². The molecule has 82 heavy (non-hydrogen) atoms. The van der Waals surface area contributed by atoms with E-state index in [4.69, 9.17) is 9.05 Å². The van der Waals surface area contributed by atoms with E-state index in [1.54, 1.807) is 6.08 Å². The van der Waals surface area contributed by atoms with Gasteiger partial charge in [-0.05, 0) is 57.8 Å². The van der Waals surface area contributed by atoms with Crippen LogP contribution in [0.2, 0.25) is 0 Å². The van der Waals surface area contributed by atoms with E-state index in [1.165, 1.54) is 263 Å². The number of nitrogens with zero attached hydrogens (tertiary/aromatic N) is 1. The van der Waals surface area contributed by atoms with Gasteiger partial charge in [0.1, 0.15) is 13.2 Å². The summed E-state index contributed by atoms with van der Waals surface area (Å²) in [5.74, 6) is -0.193. The van der Waals surface area contributed by atoms with E-state index in [0.717, 1.165) is 64.2 Å². The minimum atomic E-state index is -4.61. The summed E-state index contributed by atoms with van der Waals surface area (Å²) in [6.45, 7) is 4.59. The average molecular weight is 1170 g/mol. The number of hydrogen-bond acceptors (Lipinski definition) is 6. The third-order valence-corrected chi connectivity index (χ3v) is 17.2. The average Bonchev–Trinajstić information content (AvgIpc) is 3.47. The first kappa shape index (κ1) is 80.2. The number of rotatable bonds is 66. The molecule has 0 aliphatic heterocycles. The van der Waals surface area contributed by atoms with Gasteiger partial charge in [-0.25, -0.2) is 0 Å². The van der Waals surface area contributed by atoms with Crippen LogP contribution in [0, 0.1) is 0 Å². The molecule has 0 aliphatic carbocycles. The lowest BCUT2D eigenvalue weighted by Gasteiger charge is -2.29. The summed E-state index contributed by atoms with van der Waals surface area (Å²) in [7, 11) is 1.27. The van der Waals surface area contributed by atoms with Gasteiger partial charge in [-0.2, -0.15) is 0 Å². The summed E-state index contributed by atoms with van der Waals surface area (Å²) in [4.78, 5) is 25.6. The number of unbranched alkanes of at least 4 members (excludes halogenated alkanes) is 45. The van der Waals surface area contributed by atoms with Crippen LogP contribution in [0.25, 0.3) is 0 Å². The van der Waals surface area contributed by atoms with Crippen molar-refractivity contribution in [1.82, 2.24) is 5.32 Å². The number of hydrogen-bond donors (Lipinski definition) is 2. The zero-order valence-electron chi connectivity index (χ0n) is 55.2. The molecule has 1 amide bonds. The Morgan fingerprint density at radius 3 is 1.09 bits per heavy atom. The van der Waals surface area contributed by atoms with Crippen molar-refractivity contribution < 1.29 is 32.9 Å². The van der Waals surface area contributed by atoms with Crippen molar-refractivity contribution in [3.8, 4) is 0 Å². The third kappa shape index (κ3) is 65.7. The third-order valence-electron chi connectivity index (χ3n) is 16.2. The Morgan fingerprint density at radius 2 is 0.744 bits per heavy atom. The lowest BCUT2D eigenvalue weighted by atomic mass is 10.0. The van der Waals surface area contributed by atoms with E-state index >= 15 is 0 Å². The molecule has 0 bridgehead atoms. The molecule has 3 unspecified atom stereocenters. The summed E-state index contributed by atoms with van der Waals surface area (Å²) >= 11 is 0. The molecular weight excluding hydrogens is 1030 g/mol. The molecule has 8 nitrogen and oxygen atoms in total. The second-order valence-corrected chi connectivity index (χ2v) is 27.0. The number of carbonyl (C=O) groups is 1. The molecule has 3 atom stereocenters. The largest absolute Gasteiger partial charge is 0.756 e. The van der Waals surface area contributed by atoms with Crippen molar-refractivity contribution >= 4 is 13.7 Å². The van der Waals surface area contributed by atoms with E-state index in [9.17, 15) is 19.4 Å². The van der Waals surface area contributed by atoms with Crippen LogP contribution in [0.4, 0.5) is 0 Å². The molecule has 2 N–H and O–H groups in total. The van der Waals surface area contributed by atoms with Crippen LogP contribution in [0.5, 0.6) is 0 Å². The van der Waals surface area contributed by atoms with Gasteiger partial charge in [0.25, 0.3) is 7.82 Å². The Bertz CT molecular complexity index is 1520. The number of quaternary nitrogens is 1. The Hall–Kier alpha value is -1.80. The monoisotopic (exact) mass is 1170 g/mol. The molecule has 0 saturated carbocycles. The summed E-state index contributed by atoms with van der Waals surface area (Å²) < 4.78 is 23.5. The van der Waals surface area contributed by atoms with Crippen molar-refractivity contribution in [3.05, 3.63) is 60.8 Å². The Balaban J connectivity index is 4.04. The molecule has 482 valence electrons. The zero-order valence-corrected chi connectivity index (χ0v) is 56.1. The predicted octanol–water partition coefficient (Wildman–Crippen LogP) is 22.1. The minimum Gasteiger partial charge on any atom is -0.756 e. The standard InChI is InChI=1S/C73H139N2O6P/c1-6-8-10-12-14-16-18-20-22-24-26-28-30-32-34-36-37-39-40-42-44-46-48-50-52-54-56-58-60-62-64-66-72(76)71(70-81-82(78,79)80-69-68-75(3,4)5)74-73(77)67-65-63-61-59-57-55-53-51-49-47-45-43-41-38-35-33-31-29-27-25-23-21-19-17-15-13-11-9-7-2/h9,11,15,17,21,23,27,29,64,66,71-72,76H,6-8,10,12-14,16,18-20,22,24-26,28,30-63,65,67-70H2,1-5H3,(H-,74,77,78,79)/b11-9-,17-15-,23-21-,29-27-,66-64+. The maximum Gasteiger partial charge on any atom is 0.268 e. The van der Waals surface area contributed by atoms with Crippen LogP contribution in [0.1, 0.15) is 348 Å². The number of allylic oxidation sites excluding steroid dienone is 9. The Kier molecular flexibility index (Phi) is 62.3. The van der Waals surface area contributed by atoms with Crippen LogP contribution >= 0.6 is 7.82 Å². The normalized spacial score (nSPS) is 14.0. The van der Waals surface area contributed by atoms with Gasteiger partial charge in [0, 0.05) is 6.42 Å².